The highest BCUT2D eigenvalue weighted by molar-refractivity contribution is 5.21. The van der Waals surface area contributed by atoms with Crippen molar-refractivity contribution >= 4 is 0 Å². The Morgan fingerprint density at radius 2 is 2.25 bits per heavy atom. The number of morpholine rings is 1. The zero-order valence-corrected chi connectivity index (χ0v) is 13.4. The summed E-state index contributed by atoms with van der Waals surface area (Å²) in [6, 6.07) is 3.21. The zero-order valence-electron chi connectivity index (χ0n) is 13.4. The number of aliphatic hydroxyl groups excluding tert-OH is 1. The van der Waals surface area contributed by atoms with Gasteiger partial charge in [0.05, 0.1) is 12.7 Å². The summed E-state index contributed by atoms with van der Waals surface area (Å²) in [6.45, 7) is 4.61. The zero-order chi connectivity index (χ0) is 17.1. The predicted octanol–water partition coefficient (Wildman–Crippen LogP) is 1.68. The number of hydrogen-bond acceptors (Lipinski definition) is 5. The standard InChI is InChI=1S/C16H20F2N4O2/c1-2-22-10-19-20-16(22)15-9-21(5-6-24-15)8-14(23)12-4-3-11(17)7-13(12)18/h3-4,7,10,14-15,23H,2,5-6,8-9H2,1H3. The van der Waals surface area contributed by atoms with Gasteiger partial charge in [-0.15, -0.1) is 10.2 Å². The number of benzene rings is 1. The maximum Gasteiger partial charge on any atom is 0.163 e. The highest BCUT2D eigenvalue weighted by Crippen LogP contribution is 2.24. The summed E-state index contributed by atoms with van der Waals surface area (Å²) in [6.07, 6.45) is 0.375. The van der Waals surface area contributed by atoms with Gasteiger partial charge in [0, 0.05) is 37.8 Å². The minimum absolute atomic E-state index is 0.0937. The molecule has 1 aromatic heterocycles. The minimum Gasteiger partial charge on any atom is -0.387 e. The number of aromatic nitrogens is 3. The van der Waals surface area contributed by atoms with Gasteiger partial charge in [-0.2, -0.15) is 0 Å². The second-order valence-electron chi connectivity index (χ2n) is 5.78. The molecule has 130 valence electrons. The van der Waals surface area contributed by atoms with Gasteiger partial charge < -0.3 is 14.4 Å². The third kappa shape index (κ3) is 3.61. The number of aliphatic hydroxyl groups is 1. The summed E-state index contributed by atoms with van der Waals surface area (Å²) >= 11 is 0. The summed E-state index contributed by atoms with van der Waals surface area (Å²) in [4.78, 5) is 1.98. The van der Waals surface area contributed by atoms with Crippen molar-refractivity contribution in [3.63, 3.8) is 0 Å². The van der Waals surface area contributed by atoms with Crippen LogP contribution in [0.3, 0.4) is 0 Å². The van der Waals surface area contributed by atoms with Gasteiger partial charge in [0.25, 0.3) is 0 Å². The molecule has 1 aliphatic rings. The van der Waals surface area contributed by atoms with E-state index in [2.05, 4.69) is 10.2 Å². The van der Waals surface area contributed by atoms with Gasteiger partial charge in [-0.25, -0.2) is 8.78 Å². The molecule has 0 radical (unpaired) electrons. The third-order valence-corrected chi connectivity index (χ3v) is 4.18. The van der Waals surface area contributed by atoms with E-state index in [4.69, 9.17) is 4.74 Å². The van der Waals surface area contributed by atoms with Gasteiger partial charge in [-0.05, 0) is 13.0 Å². The molecule has 8 heteroatoms. The first-order valence-electron chi connectivity index (χ1n) is 7.93. The fourth-order valence-corrected chi connectivity index (χ4v) is 2.90. The number of rotatable bonds is 5. The second kappa shape index (κ2) is 7.33. The van der Waals surface area contributed by atoms with Crippen LogP contribution in [0.4, 0.5) is 8.78 Å². The van der Waals surface area contributed by atoms with E-state index < -0.39 is 17.7 Å². The molecule has 2 atom stereocenters. The molecule has 1 N–H and O–H groups in total. The van der Waals surface area contributed by atoms with Gasteiger partial charge in [0.15, 0.2) is 5.82 Å². The Morgan fingerprint density at radius 1 is 1.42 bits per heavy atom. The molecule has 24 heavy (non-hydrogen) atoms. The molecule has 1 fully saturated rings. The van der Waals surface area contributed by atoms with Crippen molar-refractivity contribution in [1.29, 1.82) is 0 Å². The van der Waals surface area contributed by atoms with E-state index in [1.807, 2.05) is 16.4 Å². The van der Waals surface area contributed by atoms with Crippen LogP contribution in [0.25, 0.3) is 0 Å². The summed E-state index contributed by atoms with van der Waals surface area (Å²) in [5.41, 5.74) is 0.0937. The third-order valence-electron chi connectivity index (χ3n) is 4.18. The van der Waals surface area contributed by atoms with Gasteiger partial charge in [-0.3, -0.25) is 4.90 Å². The quantitative estimate of drug-likeness (QED) is 0.899. The van der Waals surface area contributed by atoms with Gasteiger partial charge in [0.1, 0.15) is 24.1 Å². The Kier molecular flexibility index (Phi) is 5.17. The Balaban J connectivity index is 1.67. The topological polar surface area (TPSA) is 63.4 Å². The minimum atomic E-state index is -1.03. The van der Waals surface area contributed by atoms with Crippen molar-refractivity contribution in [2.24, 2.45) is 0 Å². The molecule has 3 rings (SSSR count). The first-order valence-corrected chi connectivity index (χ1v) is 7.93. The highest BCUT2D eigenvalue weighted by Gasteiger charge is 2.27. The lowest BCUT2D eigenvalue weighted by atomic mass is 10.1. The van der Waals surface area contributed by atoms with E-state index in [1.165, 1.54) is 6.07 Å². The van der Waals surface area contributed by atoms with E-state index in [0.29, 0.717) is 19.7 Å². The SMILES string of the molecule is CCn1cnnc1C1CN(CC(O)c2ccc(F)cc2F)CCO1. The first-order chi connectivity index (χ1) is 11.6. The Bertz CT molecular complexity index is 694. The molecular formula is C16H20F2N4O2. The second-order valence-corrected chi connectivity index (χ2v) is 5.78. The number of aryl methyl sites for hydroxylation is 1. The molecule has 0 spiro atoms. The molecule has 0 saturated carbocycles. The van der Waals surface area contributed by atoms with Crippen molar-refractivity contribution in [3.8, 4) is 0 Å². The lowest BCUT2D eigenvalue weighted by Gasteiger charge is -2.33. The highest BCUT2D eigenvalue weighted by atomic mass is 19.1. The maximum absolute atomic E-state index is 13.8. The maximum atomic E-state index is 13.8. The molecule has 1 aromatic carbocycles. The van der Waals surface area contributed by atoms with Crippen LogP contribution in [0.2, 0.25) is 0 Å². The van der Waals surface area contributed by atoms with Crippen molar-refractivity contribution in [1.82, 2.24) is 19.7 Å². The van der Waals surface area contributed by atoms with Crippen molar-refractivity contribution in [2.75, 3.05) is 26.2 Å². The summed E-state index contributed by atoms with van der Waals surface area (Å²) in [5.74, 6) is -0.656. The molecular weight excluding hydrogens is 318 g/mol. The van der Waals surface area contributed by atoms with Gasteiger partial charge in [-0.1, -0.05) is 6.07 Å². The van der Waals surface area contributed by atoms with Crippen molar-refractivity contribution in [2.45, 2.75) is 25.7 Å². The smallest absolute Gasteiger partial charge is 0.163 e. The van der Waals surface area contributed by atoms with E-state index in [-0.39, 0.29) is 18.2 Å². The van der Waals surface area contributed by atoms with Crippen molar-refractivity contribution in [3.05, 3.63) is 47.5 Å². The number of halogens is 2. The molecule has 6 nitrogen and oxygen atoms in total. The van der Waals surface area contributed by atoms with Crippen molar-refractivity contribution < 1.29 is 18.6 Å². The fourth-order valence-electron chi connectivity index (χ4n) is 2.90. The predicted molar refractivity (Wildman–Crippen MR) is 82.1 cm³/mol. The fraction of sp³-hybridized carbons (Fsp3) is 0.500. The van der Waals surface area contributed by atoms with Crippen LogP contribution in [0.5, 0.6) is 0 Å². The summed E-state index contributed by atoms with van der Waals surface area (Å²) < 4.78 is 34.4. The van der Waals surface area contributed by atoms with E-state index in [1.54, 1.807) is 6.33 Å². The molecule has 0 amide bonds. The normalized spacial score (nSPS) is 20.2. The molecule has 1 saturated heterocycles. The van der Waals surface area contributed by atoms with Gasteiger partial charge in [0.2, 0.25) is 0 Å². The average molecular weight is 338 g/mol. The number of β-amino-alcohol motifs (C(OH)–C–C–N with tert-alkyl or cyclic N) is 1. The van der Waals surface area contributed by atoms with E-state index in [0.717, 1.165) is 24.5 Å². The lowest BCUT2D eigenvalue weighted by Crippen LogP contribution is -2.41. The average Bonchev–Trinajstić information content (AvgIpc) is 3.03. The Morgan fingerprint density at radius 3 is 3.00 bits per heavy atom. The Hall–Kier alpha value is -1.90. The summed E-state index contributed by atoms with van der Waals surface area (Å²) in [7, 11) is 0. The number of hydrogen-bond donors (Lipinski definition) is 1. The monoisotopic (exact) mass is 338 g/mol. The summed E-state index contributed by atoms with van der Waals surface area (Å²) in [5, 5.41) is 18.3. The van der Waals surface area contributed by atoms with Crippen LogP contribution in [0.1, 0.15) is 30.5 Å². The van der Waals surface area contributed by atoms with E-state index in [9.17, 15) is 13.9 Å². The van der Waals surface area contributed by atoms with E-state index >= 15 is 0 Å². The van der Waals surface area contributed by atoms with Crippen LogP contribution in [-0.4, -0.2) is 51.0 Å². The van der Waals surface area contributed by atoms with Crippen LogP contribution in [0.15, 0.2) is 24.5 Å². The molecule has 2 aromatic rings. The van der Waals surface area contributed by atoms with Crippen LogP contribution in [0, 0.1) is 11.6 Å². The lowest BCUT2D eigenvalue weighted by molar-refractivity contribution is -0.0479. The van der Waals surface area contributed by atoms with Crippen LogP contribution >= 0.6 is 0 Å². The Labute approximate surface area is 138 Å². The molecule has 0 bridgehead atoms. The largest absolute Gasteiger partial charge is 0.387 e. The van der Waals surface area contributed by atoms with Crippen LogP contribution < -0.4 is 0 Å². The molecule has 0 aliphatic carbocycles. The molecule has 2 heterocycles. The van der Waals surface area contributed by atoms with Crippen LogP contribution in [-0.2, 0) is 11.3 Å². The number of nitrogens with zero attached hydrogens (tertiary/aromatic N) is 4. The van der Waals surface area contributed by atoms with Gasteiger partial charge >= 0.3 is 0 Å². The molecule has 1 aliphatic heterocycles. The molecule has 2 unspecified atom stereocenters. The first kappa shape index (κ1) is 16.9. The number of ether oxygens (including phenoxy) is 1.